The number of aliphatic hydroxyl groups is 1. The third-order valence-corrected chi connectivity index (χ3v) is 5.73. The van der Waals surface area contributed by atoms with E-state index in [1.165, 1.54) is 6.07 Å². The van der Waals surface area contributed by atoms with Crippen molar-refractivity contribution >= 4 is 26.0 Å². The van der Waals surface area contributed by atoms with Crippen molar-refractivity contribution < 1.29 is 13.5 Å². The average Bonchev–Trinajstić information content (AvgIpc) is 2.27. The summed E-state index contributed by atoms with van der Waals surface area (Å²) in [6.45, 7) is 1.57. The standard InChI is InChI=1S/C12H16BrNO3S/c1-8-11(13)5-9(7-15)6-12(8)18(16,17)14-10-3-2-4-10/h5-6,10,14-15H,2-4,7H2,1H3. The summed E-state index contributed by atoms with van der Waals surface area (Å²) < 4.78 is 27.9. The summed E-state index contributed by atoms with van der Waals surface area (Å²) in [4.78, 5) is 0.243. The monoisotopic (exact) mass is 333 g/mol. The van der Waals surface area contributed by atoms with Crippen molar-refractivity contribution in [2.45, 2.75) is 43.7 Å². The van der Waals surface area contributed by atoms with E-state index in [9.17, 15) is 8.42 Å². The summed E-state index contributed by atoms with van der Waals surface area (Å²) >= 11 is 3.32. The molecule has 2 rings (SSSR count). The predicted octanol–water partition coefficient (Wildman–Crippen LogP) is 2.08. The van der Waals surface area contributed by atoms with E-state index in [4.69, 9.17) is 5.11 Å². The van der Waals surface area contributed by atoms with Crippen LogP contribution in [0, 0.1) is 6.92 Å². The normalized spacial score (nSPS) is 16.6. The van der Waals surface area contributed by atoms with Crippen LogP contribution in [0.15, 0.2) is 21.5 Å². The zero-order valence-electron chi connectivity index (χ0n) is 10.1. The van der Waals surface area contributed by atoms with Gasteiger partial charge in [-0.25, -0.2) is 13.1 Å². The molecule has 0 amide bonds. The Morgan fingerprint density at radius 1 is 1.44 bits per heavy atom. The van der Waals surface area contributed by atoms with E-state index in [0.29, 0.717) is 15.6 Å². The van der Waals surface area contributed by atoms with Gasteiger partial charge in [-0.1, -0.05) is 22.4 Å². The highest BCUT2D eigenvalue weighted by molar-refractivity contribution is 9.10. The predicted molar refractivity (Wildman–Crippen MR) is 72.8 cm³/mol. The number of aliphatic hydroxyl groups excluding tert-OH is 1. The lowest BCUT2D eigenvalue weighted by molar-refractivity contribution is 0.281. The Hall–Kier alpha value is -0.430. The summed E-state index contributed by atoms with van der Waals surface area (Å²) in [7, 11) is -3.50. The molecule has 0 unspecified atom stereocenters. The fraction of sp³-hybridized carbons (Fsp3) is 0.500. The first-order valence-electron chi connectivity index (χ1n) is 5.86. The number of nitrogens with one attached hydrogen (secondary N) is 1. The number of benzene rings is 1. The average molecular weight is 334 g/mol. The van der Waals surface area contributed by atoms with Gasteiger partial charge in [-0.15, -0.1) is 0 Å². The van der Waals surface area contributed by atoms with Gasteiger partial charge in [-0.2, -0.15) is 0 Å². The molecule has 1 aromatic carbocycles. The highest BCUT2D eigenvalue weighted by Gasteiger charge is 2.26. The summed E-state index contributed by atoms with van der Waals surface area (Å²) in [5, 5.41) is 9.15. The van der Waals surface area contributed by atoms with Crippen LogP contribution in [0.3, 0.4) is 0 Å². The van der Waals surface area contributed by atoms with Crippen LogP contribution in [0.2, 0.25) is 0 Å². The first-order chi connectivity index (χ1) is 8.44. The third-order valence-electron chi connectivity index (χ3n) is 3.26. The van der Waals surface area contributed by atoms with Crippen LogP contribution in [0.5, 0.6) is 0 Å². The van der Waals surface area contributed by atoms with Gasteiger partial charge in [0.05, 0.1) is 11.5 Å². The van der Waals surface area contributed by atoms with Gasteiger partial charge in [-0.3, -0.25) is 0 Å². The summed E-state index contributed by atoms with van der Waals surface area (Å²) in [5.74, 6) is 0. The second kappa shape index (κ2) is 5.28. The Morgan fingerprint density at radius 3 is 2.61 bits per heavy atom. The van der Waals surface area contributed by atoms with Gasteiger partial charge in [0.15, 0.2) is 0 Å². The van der Waals surface area contributed by atoms with Crippen molar-refractivity contribution in [2.24, 2.45) is 0 Å². The molecule has 6 heteroatoms. The second-order valence-corrected chi connectivity index (χ2v) is 7.14. The minimum atomic E-state index is -3.50. The molecular weight excluding hydrogens is 318 g/mol. The third kappa shape index (κ3) is 2.77. The molecule has 1 aliphatic carbocycles. The molecule has 1 aromatic rings. The van der Waals surface area contributed by atoms with Crippen LogP contribution in [0.25, 0.3) is 0 Å². The molecule has 0 radical (unpaired) electrons. The van der Waals surface area contributed by atoms with Crippen molar-refractivity contribution in [3.63, 3.8) is 0 Å². The van der Waals surface area contributed by atoms with E-state index in [1.54, 1.807) is 13.0 Å². The summed E-state index contributed by atoms with van der Waals surface area (Å²) in [6, 6.07) is 3.32. The number of sulfonamides is 1. The molecule has 4 nitrogen and oxygen atoms in total. The fourth-order valence-electron chi connectivity index (χ4n) is 1.89. The second-order valence-electron chi connectivity index (χ2n) is 4.61. The maximum atomic E-state index is 12.3. The van der Waals surface area contributed by atoms with Gasteiger partial charge in [-0.05, 0) is 43.0 Å². The van der Waals surface area contributed by atoms with Crippen LogP contribution in [-0.4, -0.2) is 19.6 Å². The number of hydrogen-bond acceptors (Lipinski definition) is 3. The summed E-state index contributed by atoms with van der Waals surface area (Å²) in [5.41, 5.74) is 1.25. The minimum Gasteiger partial charge on any atom is -0.392 e. The molecule has 2 N–H and O–H groups in total. The van der Waals surface area contributed by atoms with Gasteiger partial charge in [0.2, 0.25) is 10.0 Å². The SMILES string of the molecule is Cc1c(Br)cc(CO)cc1S(=O)(=O)NC1CCC1. The zero-order chi connectivity index (χ0) is 13.3. The van der Waals surface area contributed by atoms with Crippen molar-refractivity contribution in [3.05, 3.63) is 27.7 Å². The topological polar surface area (TPSA) is 66.4 Å². The van der Waals surface area contributed by atoms with Crippen molar-refractivity contribution in [1.29, 1.82) is 0 Å². The van der Waals surface area contributed by atoms with E-state index in [2.05, 4.69) is 20.7 Å². The fourth-order valence-corrected chi connectivity index (χ4v) is 4.15. The van der Waals surface area contributed by atoms with Gasteiger partial charge < -0.3 is 5.11 Å². The Labute approximate surface area is 116 Å². The summed E-state index contributed by atoms with van der Waals surface area (Å²) in [6.07, 6.45) is 2.88. The number of halogens is 1. The van der Waals surface area contributed by atoms with Gasteiger partial charge in [0.25, 0.3) is 0 Å². The van der Waals surface area contributed by atoms with Gasteiger partial charge in [0.1, 0.15) is 0 Å². The molecule has 0 atom stereocenters. The van der Waals surface area contributed by atoms with E-state index in [0.717, 1.165) is 19.3 Å². The maximum absolute atomic E-state index is 12.3. The van der Waals surface area contributed by atoms with Crippen molar-refractivity contribution in [1.82, 2.24) is 4.72 Å². The van der Waals surface area contributed by atoms with Gasteiger partial charge in [0, 0.05) is 10.5 Å². The lowest BCUT2D eigenvalue weighted by Crippen LogP contribution is -2.39. The smallest absolute Gasteiger partial charge is 0.241 e. The lowest BCUT2D eigenvalue weighted by atomic mass is 9.94. The molecule has 1 fully saturated rings. The maximum Gasteiger partial charge on any atom is 0.241 e. The molecule has 18 heavy (non-hydrogen) atoms. The highest BCUT2D eigenvalue weighted by Crippen LogP contribution is 2.27. The highest BCUT2D eigenvalue weighted by atomic mass is 79.9. The van der Waals surface area contributed by atoms with Crippen LogP contribution in [0.1, 0.15) is 30.4 Å². The Morgan fingerprint density at radius 2 is 2.11 bits per heavy atom. The Kier molecular flexibility index (Phi) is 4.11. The molecule has 100 valence electrons. The van der Waals surface area contributed by atoms with E-state index in [1.807, 2.05) is 0 Å². The largest absolute Gasteiger partial charge is 0.392 e. The first kappa shape index (κ1) is 14.0. The van der Waals surface area contributed by atoms with Crippen LogP contribution < -0.4 is 4.72 Å². The first-order valence-corrected chi connectivity index (χ1v) is 8.14. The van der Waals surface area contributed by atoms with Crippen LogP contribution in [0.4, 0.5) is 0 Å². The molecule has 0 aromatic heterocycles. The number of rotatable bonds is 4. The van der Waals surface area contributed by atoms with Crippen molar-refractivity contribution in [3.8, 4) is 0 Å². The molecule has 0 aliphatic heterocycles. The lowest BCUT2D eigenvalue weighted by Gasteiger charge is -2.26. The van der Waals surface area contributed by atoms with E-state index >= 15 is 0 Å². The zero-order valence-corrected chi connectivity index (χ0v) is 12.5. The molecular formula is C12H16BrNO3S. The molecule has 0 saturated heterocycles. The minimum absolute atomic E-state index is 0.0611. The number of hydrogen-bond donors (Lipinski definition) is 2. The quantitative estimate of drug-likeness (QED) is 0.886. The Balaban J connectivity index is 2.39. The van der Waals surface area contributed by atoms with Gasteiger partial charge >= 0.3 is 0 Å². The molecule has 1 aliphatic rings. The molecule has 0 bridgehead atoms. The molecule has 1 saturated carbocycles. The van der Waals surface area contributed by atoms with Crippen LogP contribution in [-0.2, 0) is 16.6 Å². The van der Waals surface area contributed by atoms with Crippen molar-refractivity contribution in [2.75, 3.05) is 0 Å². The van der Waals surface area contributed by atoms with Crippen LogP contribution >= 0.6 is 15.9 Å². The molecule has 0 spiro atoms. The van der Waals surface area contributed by atoms with E-state index < -0.39 is 10.0 Å². The Bertz CT molecular complexity index is 553. The molecule has 0 heterocycles. The van der Waals surface area contributed by atoms with E-state index in [-0.39, 0.29) is 17.5 Å².